The highest BCUT2D eigenvalue weighted by molar-refractivity contribution is 6.59. The van der Waals surface area contributed by atoms with Crippen LogP contribution in [0.4, 0.5) is 4.39 Å². The number of ether oxygens (including phenoxy) is 1. The SMILES string of the molecule is COc1ccc(C=CC(=O)c2ccccc2-c2ccc(F)cc2)cc1B(O)O. The second-order valence-electron chi connectivity index (χ2n) is 6.13. The van der Waals surface area contributed by atoms with Crippen molar-refractivity contribution >= 4 is 24.4 Å². The van der Waals surface area contributed by atoms with Crippen molar-refractivity contribution in [1.82, 2.24) is 0 Å². The summed E-state index contributed by atoms with van der Waals surface area (Å²) in [5, 5.41) is 18.9. The summed E-state index contributed by atoms with van der Waals surface area (Å²) in [6, 6.07) is 17.9. The van der Waals surface area contributed by atoms with Crippen LogP contribution >= 0.6 is 0 Å². The molecule has 3 aromatic carbocycles. The lowest BCUT2D eigenvalue weighted by Gasteiger charge is -2.09. The van der Waals surface area contributed by atoms with E-state index in [1.807, 2.05) is 12.1 Å². The van der Waals surface area contributed by atoms with Crippen molar-refractivity contribution in [1.29, 1.82) is 0 Å². The third-order valence-electron chi connectivity index (χ3n) is 4.31. The molecule has 2 N–H and O–H groups in total. The van der Waals surface area contributed by atoms with E-state index in [1.165, 1.54) is 25.3 Å². The molecule has 3 rings (SSSR count). The van der Waals surface area contributed by atoms with Crippen LogP contribution in [0.3, 0.4) is 0 Å². The van der Waals surface area contributed by atoms with Crippen molar-refractivity contribution < 1.29 is 24.0 Å². The van der Waals surface area contributed by atoms with E-state index in [-0.39, 0.29) is 17.1 Å². The highest BCUT2D eigenvalue weighted by atomic mass is 19.1. The molecule has 0 saturated heterocycles. The Morgan fingerprint density at radius 1 is 1.04 bits per heavy atom. The first-order valence-corrected chi connectivity index (χ1v) is 8.61. The number of rotatable bonds is 6. The van der Waals surface area contributed by atoms with E-state index in [2.05, 4.69) is 0 Å². The topological polar surface area (TPSA) is 66.8 Å². The number of hydrogen-bond acceptors (Lipinski definition) is 4. The summed E-state index contributed by atoms with van der Waals surface area (Å²) in [5.41, 5.74) is 2.77. The highest BCUT2D eigenvalue weighted by Crippen LogP contribution is 2.25. The molecule has 0 amide bonds. The molecule has 28 heavy (non-hydrogen) atoms. The summed E-state index contributed by atoms with van der Waals surface area (Å²) >= 11 is 0. The van der Waals surface area contributed by atoms with Gasteiger partial charge in [0.15, 0.2) is 5.78 Å². The van der Waals surface area contributed by atoms with Crippen LogP contribution in [0.15, 0.2) is 72.8 Å². The van der Waals surface area contributed by atoms with Crippen LogP contribution in [0.2, 0.25) is 0 Å². The molecular formula is C22H18BFO4. The number of carbonyl (C=O) groups is 1. The largest absolute Gasteiger partial charge is 0.497 e. The Hall–Kier alpha value is -3.22. The number of allylic oxidation sites excluding steroid dienone is 1. The van der Waals surface area contributed by atoms with Gasteiger partial charge in [-0.2, -0.15) is 0 Å². The molecule has 0 radical (unpaired) electrons. The smallest absolute Gasteiger partial charge is 0.492 e. The fourth-order valence-electron chi connectivity index (χ4n) is 2.90. The van der Waals surface area contributed by atoms with Crippen molar-refractivity contribution in [2.45, 2.75) is 0 Å². The minimum atomic E-state index is -1.68. The number of methoxy groups -OCH3 is 1. The minimum Gasteiger partial charge on any atom is -0.497 e. The molecule has 0 aromatic heterocycles. The van der Waals surface area contributed by atoms with Gasteiger partial charge in [0.25, 0.3) is 0 Å². The van der Waals surface area contributed by atoms with Gasteiger partial charge in [-0.3, -0.25) is 4.79 Å². The molecule has 0 aliphatic carbocycles. The maximum Gasteiger partial charge on any atom is 0.492 e. The average Bonchev–Trinajstić information content (AvgIpc) is 2.72. The summed E-state index contributed by atoms with van der Waals surface area (Å²) < 4.78 is 18.3. The van der Waals surface area contributed by atoms with Gasteiger partial charge in [-0.25, -0.2) is 4.39 Å². The first kappa shape index (κ1) is 19.5. The first-order valence-electron chi connectivity index (χ1n) is 8.61. The standard InChI is InChI=1S/C22H18BFO4/c1-28-22-13-7-15(14-20(22)23(26)27)6-12-21(25)19-5-3-2-4-18(19)16-8-10-17(24)11-9-16/h2-14,26-27H,1H3. The zero-order valence-corrected chi connectivity index (χ0v) is 15.2. The van der Waals surface area contributed by atoms with E-state index >= 15 is 0 Å². The van der Waals surface area contributed by atoms with Gasteiger partial charge in [0.2, 0.25) is 0 Å². The predicted molar refractivity (Wildman–Crippen MR) is 108 cm³/mol. The number of halogens is 1. The molecule has 6 heteroatoms. The van der Waals surface area contributed by atoms with Crippen LogP contribution in [0.5, 0.6) is 5.75 Å². The van der Waals surface area contributed by atoms with Crippen LogP contribution in [-0.2, 0) is 0 Å². The molecule has 0 unspecified atom stereocenters. The van der Waals surface area contributed by atoms with Gasteiger partial charge in [0.1, 0.15) is 11.6 Å². The van der Waals surface area contributed by atoms with E-state index < -0.39 is 7.12 Å². The summed E-state index contributed by atoms with van der Waals surface area (Å²) in [5.74, 6) is -0.212. The first-order chi connectivity index (χ1) is 13.5. The number of carbonyl (C=O) groups excluding carboxylic acids is 1. The minimum absolute atomic E-state index is 0.212. The zero-order chi connectivity index (χ0) is 20.1. The van der Waals surface area contributed by atoms with Gasteiger partial charge in [-0.1, -0.05) is 54.6 Å². The van der Waals surface area contributed by atoms with Crippen LogP contribution in [0, 0.1) is 5.82 Å². The number of hydrogen-bond donors (Lipinski definition) is 2. The second-order valence-corrected chi connectivity index (χ2v) is 6.13. The molecule has 0 bridgehead atoms. The van der Waals surface area contributed by atoms with E-state index in [0.29, 0.717) is 22.4 Å². The Balaban J connectivity index is 1.90. The fourth-order valence-corrected chi connectivity index (χ4v) is 2.90. The lowest BCUT2D eigenvalue weighted by molar-refractivity contribution is 0.104. The van der Waals surface area contributed by atoms with Crippen LogP contribution in [-0.4, -0.2) is 30.1 Å². The second kappa shape index (κ2) is 8.65. The van der Waals surface area contributed by atoms with E-state index in [1.54, 1.807) is 48.5 Å². The zero-order valence-electron chi connectivity index (χ0n) is 15.2. The van der Waals surface area contributed by atoms with Gasteiger partial charge in [-0.05, 0) is 41.0 Å². The van der Waals surface area contributed by atoms with Gasteiger partial charge >= 0.3 is 7.12 Å². The predicted octanol–water partition coefficient (Wildman–Crippen LogP) is 3.08. The van der Waals surface area contributed by atoms with Crippen LogP contribution in [0.25, 0.3) is 17.2 Å². The summed E-state index contributed by atoms with van der Waals surface area (Å²) in [4.78, 5) is 12.7. The molecule has 0 atom stereocenters. The molecule has 0 spiro atoms. The van der Waals surface area contributed by atoms with Gasteiger partial charge < -0.3 is 14.8 Å². The Morgan fingerprint density at radius 2 is 1.75 bits per heavy atom. The Bertz CT molecular complexity index is 1010. The number of ketones is 1. The Kier molecular flexibility index (Phi) is 6.04. The van der Waals surface area contributed by atoms with Crippen LogP contribution < -0.4 is 10.2 Å². The molecular weight excluding hydrogens is 358 g/mol. The molecule has 0 aliphatic rings. The summed E-state index contributed by atoms with van der Waals surface area (Å²) in [6.45, 7) is 0. The van der Waals surface area contributed by atoms with E-state index in [0.717, 1.165) is 5.56 Å². The fraction of sp³-hybridized carbons (Fsp3) is 0.0455. The van der Waals surface area contributed by atoms with Crippen molar-refractivity contribution in [2.24, 2.45) is 0 Å². The van der Waals surface area contributed by atoms with Gasteiger partial charge in [0, 0.05) is 11.0 Å². The maximum atomic E-state index is 13.2. The lowest BCUT2D eigenvalue weighted by Crippen LogP contribution is -2.31. The summed E-state index contributed by atoms with van der Waals surface area (Å²) in [7, 11) is -0.245. The molecule has 4 nitrogen and oxygen atoms in total. The summed E-state index contributed by atoms with van der Waals surface area (Å²) in [6.07, 6.45) is 3.01. The van der Waals surface area contributed by atoms with Gasteiger partial charge in [0.05, 0.1) is 7.11 Å². The number of benzene rings is 3. The maximum absolute atomic E-state index is 13.2. The molecule has 0 fully saturated rings. The van der Waals surface area contributed by atoms with E-state index in [4.69, 9.17) is 4.74 Å². The molecule has 3 aromatic rings. The normalized spacial score (nSPS) is 10.9. The van der Waals surface area contributed by atoms with Gasteiger partial charge in [-0.15, -0.1) is 0 Å². The Morgan fingerprint density at radius 3 is 2.43 bits per heavy atom. The molecule has 0 saturated carbocycles. The van der Waals surface area contributed by atoms with Crippen molar-refractivity contribution in [3.63, 3.8) is 0 Å². The lowest BCUT2D eigenvalue weighted by atomic mass is 9.78. The monoisotopic (exact) mass is 376 g/mol. The third kappa shape index (κ3) is 4.36. The van der Waals surface area contributed by atoms with Crippen molar-refractivity contribution in [3.8, 4) is 16.9 Å². The molecule has 0 heterocycles. The Labute approximate surface area is 162 Å². The van der Waals surface area contributed by atoms with Crippen LogP contribution in [0.1, 0.15) is 15.9 Å². The van der Waals surface area contributed by atoms with Crippen molar-refractivity contribution in [3.05, 3.63) is 89.8 Å². The average molecular weight is 376 g/mol. The molecule has 0 aliphatic heterocycles. The highest BCUT2D eigenvalue weighted by Gasteiger charge is 2.17. The quantitative estimate of drug-likeness (QED) is 0.394. The third-order valence-corrected chi connectivity index (χ3v) is 4.31. The van der Waals surface area contributed by atoms with E-state index in [9.17, 15) is 19.2 Å². The molecule has 140 valence electrons. The van der Waals surface area contributed by atoms with Crippen molar-refractivity contribution in [2.75, 3.05) is 7.11 Å².